The number of piperidine rings is 1. The van der Waals surface area contributed by atoms with E-state index in [2.05, 4.69) is 18.9 Å². The Labute approximate surface area is 93.4 Å². The second kappa shape index (κ2) is 6.83. The van der Waals surface area contributed by atoms with Crippen molar-refractivity contribution in [3.63, 3.8) is 0 Å². The van der Waals surface area contributed by atoms with Crippen LogP contribution in [0.15, 0.2) is 0 Å². The fraction of sp³-hybridized carbons (Fsp3) is 0.917. The van der Waals surface area contributed by atoms with Crippen molar-refractivity contribution >= 4 is 6.41 Å². The molecule has 15 heavy (non-hydrogen) atoms. The van der Waals surface area contributed by atoms with Crippen LogP contribution in [-0.4, -0.2) is 49.4 Å². The molecule has 0 atom stereocenters. The molecule has 0 saturated carbocycles. The lowest BCUT2D eigenvalue weighted by atomic mass is 10.00. The largest absolute Gasteiger partial charge is 0.345 e. The number of amides is 1. The van der Waals surface area contributed by atoms with Crippen LogP contribution < -0.4 is 0 Å². The Kier molecular flexibility index (Phi) is 5.69. The normalized spacial score (nSPS) is 23.5. The van der Waals surface area contributed by atoms with Crippen molar-refractivity contribution in [2.75, 3.05) is 33.2 Å². The van der Waals surface area contributed by atoms with E-state index in [1.54, 1.807) is 0 Å². The monoisotopic (exact) mass is 212 g/mol. The Balaban J connectivity index is 0.000000162. The van der Waals surface area contributed by atoms with Gasteiger partial charge in [-0.05, 0) is 51.7 Å². The minimum atomic E-state index is 0.821. The van der Waals surface area contributed by atoms with Crippen molar-refractivity contribution in [2.45, 2.75) is 32.6 Å². The van der Waals surface area contributed by atoms with Crippen molar-refractivity contribution < 1.29 is 4.79 Å². The van der Waals surface area contributed by atoms with Crippen molar-refractivity contribution in [1.82, 2.24) is 9.80 Å². The summed E-state index contributed by atoms with van der Waals surface area (Å²) in [5.41, 5.74) is 0. The van der Waals surface area contributed by atoms with Crippen LogP contribution in [0.4, 0.5) is 0 Å². The van der Waals surface area contributed by atoms with Crippen molar-refractivity contribution in [3.8, 4) is 0 Å². The molecule has 2 aliphatic heterocycles. The van der Waals surface area contributed by atoms with Crippen LogP contribution in [0.1, 0.15) is 32.6 Å². The summed E-state index contributed by atoms with van der Waals surface area (Å²) in [5.74, 6) is 0.821. The molecule has 0 aliphatic carbocycles. The predicted octanol–water partition coefficient (Wildman–Crippen LogP) is 1.59. The first kappa shape index (κ1) is 12.5. The molecule has 0 aromatic heterocycles. The lowest BCUT2D eigenvalue weighted by Gasteiger charge is -2.26. The molecule has 2 saturated heterocycles. The summed E-state index contributed by atoms with van der Waals surface area (Å²) >= 11 is 0. The summed E-state index contributed by atoms with van der Waals surface area (Å²) in [5, 5.41) is 0. The van der Waals surface area contributed by atoms with Gasteiger partial charge in [0.05, 0.1) is 0 Å². The molecule has 3 heteroatoms. The van der Waals surface area contributed by atoms with Crippen LogP contribution in [0.5, 0.6) is 0 Å². The molecule has 0 unspecified atom stereocenters. The van der Waals surface area contributed by atoms with E-state index in [1.807, 2.05) is 4.90 Å². The van der Waals surface area contributed by atoms with Gasteiger partial charge in [0.1, 0.15) is 0 Å². The lowest BCUT2D eigenvalue weighted by Crippen LogP contribution is -2.31. The van der Waals surface area contributed by atoms with Gasteiger partial charge >= 0.3 is 0 Å². The van der Waals surface area contributed by atoms with E-state index in [0.717, 1.165) is 25.4 Å². The zero-order valence-corrected chi connectivity index (χ0v) is 10.1. The minimum Gasteiger partial charge on any atom is -0.345 e. The van der Waals surface area contributed by atoms with Crippen molar-refractivity contribution in [3.05, 3.63) is 0 Å². The van der Waals surface area contributed by atoms with Gasteiger partial charge in [0.2, 0.25) is 6.41 Å². The molecule has 0 aromatic carbocycles. The molecule has 2 rings (SSSR count). The second-order valence-electron chi connectivity index (χ2n) is 4.83. The Bertz CT molecular complexity index is 170. The second-order valence-corrected chi connectivity index (χ2v) is 4.83. The summed E-state index contributed by atoms with van der Waals surface area (Å²) in [4.78, 5) is 14.4. The van der Waals surface area contributed by atoms with E-state index < -0.39 is 0 Å². The van der Waals surface area contributed by atoms with Crippen LogP contribution in [-0.2, 0) is 4.79 Å². The third-order valence-corrected chi connectivity index (χ3v) is 3.30. The molecular weight excluding hydrogens is 188 g/mol. The van der Waals surface area contributed by atoms with Gasteiger partial charge in [-0.25, -0.2) is 0 Å². The molecule has 0 radical (unpaired) electrons. The number of carbonyl (C=O) groups is 1. The highest BCUT2D eigenvalue weighted by atomic mass is 16.1. The Morgan fingerprint density at radius 1 is 1.07 bits per heavy atom. The summed E-state index contributed by atoms with van der Waals surface area (Å²) in [6, 6.07) is 0. The molecular formula is C12H24N2O. The summed E-state index contributed by atoms with van der Waals surface area (Å²) < 4.78 is 0. The summed E-state index contributed by atoms with van der Waals surface area (Å²) in [7, 11) is 2.17. The Hall–Kier alpha value is -0.570. The van der Waals surface area contributed by atoms with Gasteiger partial charge in [-0.15, -0.1) is 0 Å². The number of carbonyl (C=O) groups excluding carboxylic acids is 1. The van der Waals surface area contributed by atoms with Crippen molar-refractivity contribution in [2.24, 2.45) is 5.92 Å². The average molecular weight is 212 g/mol. The first-order chi connectivity index (χ1) is 7.22. The third kappa shape index (κ3) is 5.17. The SMILES string of the molecule is CC1CCN(C=O)CC1.CN1CCCC1. The van der Waals surface area contributed by atoms with Crippen LogP contribution in [0.3, 0.4) is 0 Å². The number of rotatable bonds is 1. The van der Waals surface area contributed by atoms with Crippen LogP contribution in [0, 0.1) is 5.92 Å². The molecule has 1 amide bonds. The van der Waals surface area contributed by atoms with Crippen molar-refractivity contribution in [1.29, 1.82) is 0 Å². The minimum absolute atomic E-state index is 0.821. The van der Waals surface area contributed by atoms with E-state index >= 15 is 0 Å². The third-order valence-electron chi connectivity index (χ3n) is 3.30. The van der Waals surface area contributed by atoms with Gasteiger partial charge in [-0.2, -0.15) is 0 Å². The number of nitrogens with zero attached hydrogens (tertiary/aromatic N) is 2. The summed E-state index contributed by atoms with van der Waals surface area (Å²) in [6.45, 7) is 6.80. The number of likely N-dealkylation sites (tertiary alicyclic amines) is 2. The topological polar surface area (TPSA) is 23.6 Å². The molecule has 0 bridgehead atoms. The first-order valence-corrected chi connectivity index (χ1v) is 6.10. The molecule has 3 nitrogen and oxygen atoms in total. The average Bonchev–Trinajstić information content (AvgIpc) is 2.71. The quantitative estimate of drug-likeness (QED) is 0.616. The van der Waals surface area contributed by atoms with E-state index in [4.69, 9.17) is 0 Å². The Morgan fingerprint density at radius 2 is 1.60 bits per heavy atom. The first-order valence-electron chi connectivity index (χ1n) is 6.10. The summed E-state index contributed by atoms with van der Waals surface area (Å²) in [6.07, 6.45) is 6.14. The van der Waals surface area contributed by atoms with Gasteiger partial charge in [-0.1, -0.05) is 6.92 Å². The molecule has 0 spiro atoms. The molecule has 88 valence electrons. The number of hydrogen-bond acceptors (Lipinski definition) is 2. The number of hydrogen-bond donors (Lipinski definition) is 0. The maximum atomic E-state index is 10.2. The van der Waals surface area contributed by atoms with E-state index in [-0.39, 0.29) is 0 Å². The fourth-order valence-electron chi connectivity index (χ4n) is 2.01. The Morgan fingerprint density at radius 3 is 1.93 bits per heavy atom. The predicted molar refractivity (Wildman–Crippen MR) is 62.8 cm³/mol. The van der Waals surface area contributed by atoms with Gasteiger partial charge in [0, 0.05) is 13.1 Å². The van der Waals surface area contributed by atoms with E-state index in [0.29, 0.717) is 0 Å². The van der Waals surface area contributed by atoms with E-state index in [9.17, 15) is 4.79 Å². The molecule has 2 fully saturated rings. The van der Waals surface area contributed by atoms with Crippen LogP contribution in [0.25, 0.3) is 0 Å². The van der Waals surface area contributed by atoms with Gasteiger partial charge in [0.25, 0.3) is 0 Å². The molecule has 2 aliphatic rings. The van der Waals surface area contributed by atoms with Gasteiger partial charge in [0.15, 0.2) is 0 Å². The molecule has 0 aromatic rings. The highest BCUT2D eigenvalue weighted by Gasteiger charge is 2.12. The standard InChI is InChI=1S/C7H13NO.C5H11N/c1-7-2-4-8(6-9)5-3-7;1-6-4-2-3-5-6/h6-7H,2-5H2,1H3;2-5H2,1H3. The lowest BCUT2D eigenvalue weighted by molar-refractivity contribution is -0.119. The maximum absolute atomic E-state index is 10.2. The maximum Gasteiger partial charge on any atom is 0.209 e. The molecule has 0 N–H and O–H groups in total. The zero-order valence-electron chi connectivity index (χ0n) is 10.1. The van der Waals surface area contributed by atoms with Gasteiger partial charge < -0.3 is 9.80 Å². The highest BCUT2D eigenvalue weighted by Crippen LogP contribution is 2.13. The zero-order chi connectivity index (χ0) is 11.1. The fourth-order valence-corrected chi connectivity index (χ4v) is 2.01. The van der Waals surface area contributed by atoms with Crippen LogP contribution >= 0.6 is 0 Å². The van der Waals surface area contributed by atoms with Gasteiger partial charge in [-0.3, -0.25) is 4.79 Å². The van der Waals surface area contributed by atoms with Crippen LogP contribution in [0.2, 0.25) is 0 Å². The molecule has 2 heterocycles. The smallest absolute Gasteiger partial charge is 0.209 e. The van der Waals surface area contributed by atoms with E-state index in [1.165, 1.54) is 38.8 Å². The highest BCUT2D eigenvalue weighted by molar-refractivity contribution is 5.46.